The van der Waals surface area contributed by atoms with Gasteiger partial charge in [-0.05, 0) is 36.4 Å². The van der Waals surface area contributed by atoms with Gasteiger partial charge in [0.2, 0.25) is 17.6 Å². The molecular formula is C21H19ClN4O3. The van der Waals surface area contributed by atoms with Gasteiger partial charge in [0.05, 0.1) is 11.3 Å². The van der Waals surface area contributed by atoms with E-state index in [0.717, 1.165) is 5.56 Å². The molecule has 3 rings (SSSR count). The van der Waals surface area contributed by atoms with Crippen molar-refractivity contribution in [3.63, 3.8) is 0 Å². The Morgan fingerprint density at radius 2 is 1.90 bits per heavy atom. The number of para-hydroxylation sites is 1. The lowest BCUT2D eigenvalue weighted by Crippen LogP contribution is -2.25. The van der Waals surface area contributed by atoms with Crippen LogP contribution >= 0.6 is 11.6 Å². The Balaban J connectivity index is 1.59. The monoisotopic (exact) mass is 410 g/mol. The molecule has 0 radical (unpaired) electrons. The number of benzene rings is 2. The fourth-order valence-corrected chi connectivity index (χ4v) is 2.68. The van der Waals surface area contributed by atoms with Crippen molar-refractivity contribution in [3.05, 3.63) is 77.7 Å². The maximum Gasteiger partial charge on any atom is 0.253 e. The van der Waals surface area contributed by atoms with E-state index in [0.29, 0.717) is 34.5 Å². The van der Waals surface area contributed by atoms with E-state index in [4.69, 9.17) is 16.1 Å². The Labute approximate surface area is 172 Å². The lowest BCUT2D eigenvalue weighted by molar-refractivity contribution is -0.116. The van der Waals surface area contributed by atoms with Crippen molar-refractivity contribution >= 4 is 29.1 Å². The third-order valence-corrected chi connectivity index (χ3v) is 4.24. The predicted molar refractivity (Wildman–Crippen MR) is 111 cm³/mol. The summed E-state index contributed by atoms with van der Waals surface area (Å²) in [6, 6.07) is 13.9. The SMILES string of the molecule is C=CCNC(=O)c1ccccc1NC(=O)CCc1nc(-c2ccc(Cl)cc2)no1. The second-order valence-electron chi connectivity index (χ2n) is 6.11. The van der Waals surface area contributed by atoms with Crippen LogP contribution in [0.4, 0.5) is 5.69 Å². The molecule has 2 amide bonds. The van der Waals surface area contributed by atoms with Crippen molar-refractivity contribution in [1.29, 1.82) is 0 Å². The maximum atomic E-state index is 12.3. The number of rotatable bonds is 8. The van der Waals surface area contributed by atoms with E-state index in [9.17, 15) is 9.59 Å². The zero-order valence-corrected chi connectivity index (χ0v) is 16.3. The fourth-order valence-electron chi connectivity index (χ4n) is 2.56. The average molecular weight is 411 g/mol. The number of nitrogens with one attached hydrogen (secondary N) is 2. The summed E-state index contributed by atoms with van der Waals surface area (Å²) in [5.41, 5.74) is 1.59. The molecule has 0 aliphatic heterocycles. The number of carbonyl (C=O) groups is 2. The molecule has 148 valence electrons. The van der Waals surface area contributed by atoms with Crippen molar-refractivity contribution in [1.82, 2.24) is 15.5 Å². The molecular weight excluding hydrogens is 392 g/mol. The van der Waals surface area contributed by atoms with Gasteiger partial charge in [-0.15, -0.1) is 6.58 Å². The molecule has 3 aromatic rings. The highest BCUT2D eigenvalue weighted by molar-refractivity contribution is 6.30. The number of amides is 2. The number of carbonyl (C=O) groups excluding carboxylic acids is 2. The zero-order valence-electron chi connectivity index (χ0n) is 15.5. The van der Waals surface area contributed by atoms with Crippen LogP contribution in [0.15, 0.2) is 65.7 Å². The summed E-state index contributed by atoms with van der Waals surface area (Å²) in [4.78, 5) is 28.8. The minimum absolute atomic E-state index is 0.130. The predicted octanol–water partition coefficient (Wildman–Crippen LogP) is 3.88. The second-order valence-corrected chi connectivity index (χ2v) is 6.55. The normalized spacial score (nSPS) is 10.4. The summed E-state index contributed by atoms with van der Waals surface area (Å²) in [6.45, 7) is 3.91. The van der Waals surface area contributed by atoms with Gasteiger partial charge in [-0.1, -0.05) is 35.0 Å². The Morgan fingerprint density at radius 3 is 2.66 bits per heavy atom. The molecule has 29 heavy (non-hydrogen) atoms. The number of halogens is 1. The van der Waals surface area contributed by atoms with Crippen LogP contribution < -0.4 is 10.6 Å². The third kappa shape index (κ3) is 5.52. The molecule has 0 saturated carbocycles. The number of anilines is 1. The highest BCUT2D eigenvalue weighted by atomic mass is 35.5. The Hall–Kier alpha value is -3.45. The van der Waals surface area contributed by atoms with Crippen LogP contribution in [0.3, 0.4) is 0 Å². The van der Waals surface area contributed by atoms with Crippen LogP contribution in [0.1, 0.15) is 22.7 Å². The minimum atomic E-state index is -0.287. The molecule has 0 aliphatic rings. The number of hydrogen-bond acceptors (Lipinski definition) is 5. The van der Waals surface area contributed by atoms with Crippen LogP contribution in [-0.4, -0.2) is 28.5 Å². The molecule has 1 aromatic heterocycles. The quantitative estimate of drug-likeness (QED) is 0.549. The van der Waals surface area contributed by atoms with Crippen molar-refractivity contribution in [2.75, 3.05) is 11.9 Å². The van der Waals surface area contributed by atoms with Gasteiger partial charge in [-0.25, -0.2) is 0 Å². The Morgan fingerprint density at radius 1 is 1.14 bits per heavy atom. The molecule has 0 fully saturated rings. The number of aryl methyl sites for hydroxylation is 1. The van der Waals surface area contributed by atoms with E-state index in [1.54, 1.807) is 54.6 Å². The summed E-state index contributed by atoms with van der Waals surface area (Å²) >= 11 is 5.87. The van der Waals surface area contributed by atoms with Gasteiger partial charge in [0.25, 0.3) is 5.91 Å². The molecule has 1 heterocycles. The smallest absolute Gasteiger partial charge is 0.253 e. The molecule has 7 nitrogen and oxygen atoms in total. The van der Waals surface area contributed by atoms with Gasteiger partial charge in [0.1, 0.15) is 0 Å². The van der Waals surface area contributed by atoms with E-state index >= 15 is 0 Å². The molecule has 0 bridgehead atoms. The van der Waals surface area contributed by atoms with E-state index in [1.165, 1.54) is 0 Å². The van der Waals surface area contributed by atoms with Crippen LogP contribution in [-0.2, 0) is 11.2 Å². The van der Waals surface area contributed by atoms with Gasteiger partial charge in [0, 0.05) is 30.0 Å². The lowest BCUT2D eigenvalue weighted by atomic mass is 10.1. The van der Waals surface area contributed by atoms with Gasteiger partial charge in [0.15, 0.2) is 0 Å². The molecule has 0 unspecified atom stereocenters. The molecule has 2 N–H and O–H groups in total. The van der Waals surface area contributed by atoms with Gasteiger partial charge in [-0.3, -0.25) is 9.59 Å². The zero-order chi connectivity index (χ0) is 20.6. The third-order valence-electron chi connectivity index (χ3n) is 3.99. The molecule has 0 saturated heterocycles. The first-order chi connectivity index (χ1) is 14.1. The highest BCUT2D eigenvalue weighted by Crippen LogP contribution is 2.19. The summed E-state index contributed by atoms with van der Waals surface area (Å²) in [5.74, 6) is 0.231. The summed E-state index contributed by atoms with van der Waals surface area (Å²) in [5, 5.41) is 9.98. The van der Waals surface area contributed by atoms with Crippen LogP contribution in [0, 0.1) is 0 Å². The molecule has 0 spiro atoms. The van der Waals surface area contributed by atoms with E-state index in [-0.39, 0.29) is 24.7 Å². The van der Waals surface area contributed by atoms with Gasteiger partial charge < -0.3 is 15.2 Å². The maximum absolute atomic E-state index is 12.3. The Bertz CT molecular complexity index is 1010. The molecule has 0 atom stereocenters. The molecule has 0 aliphatic carbocycles. The molecule has 2 aromatic carbocycles. The van der Waals surface area contributed by atoms with Crippen molar-refractivity contribution in [2.45, 2.75) is 12.8 Å². The largest absolute Gasteiger partial charge is 0.349 e. The van der Waals surface area contributed by atoms with Crippen LogP contribution in [0.25, 0.3) is 11.4 Å². The van der Waals surface area contributed by atoms with Gasteiger partial charge >= 0.3 is 0 Å². The molecule has 8 heteroatoms. The summed E-state index contributed by atoms with van der Waals surface area (Å²) < 4.78 is 5.21. The number of nitrogens with zero attached hydrogens (tertiary/aromatic N) is 2. The van der Waals surface area contributed by atoms with Crippen LogP contribution in [0.5, 0.6) is 0 Å². The average Bonchev–Trinajstić information content (AvgIpc) is 3.20. The van der Waals surface area contributed by atoms with Crippen molar-refractivity contribution in [3.8, 4) is 11.4 Å². The Kier molecular flexibility index (Phi) is 6.76. The van der Waals surface area contributed by atoms with E-state index < -0.39 is 0 Å². The minimum Gasteiger partial charge on any atom is -0.349 e. The van der Waals surface area contributed by atoms with E-state index in [1.807, 2.05) is 0 Å². The van der Waals surface area contributed by atoms with E-state index in [2.05, 4.69) is 27.4 Å². The number of hydrogen-bond donors (Lipinski definition) is 2. The summed E-state index contributed by atoms with van der Waals surface area (Å²) in [7, 11) is 0. The first kappa shape index (κ1) is 20.3. The lowest BCUT2D eigenvalue weighted by Gasteiger charge is -2.10. The number of aromatic nitrogens is 2. The first-order valence-electron chi connectivity index (χ1n) is 8.93. The first-order valence-corrected chi connectivity index (χ1v) is 9.31. The van der Waals surface area contributed by atoms with Crippen molar-refractivity contribution in [2.24, 2.45) is 0 Å². The van der Waals surface area contributed by atoms with Gasteiger partial charge in [-0.2, -0.15) is 4.98 Å². The second kappa shape index (κ2) is 9.66. The van der Waals surface area contributed by atoms with Crippen LogP contribution in [0.2, 0.25) is 5.02 Å². The standard InChI is InChI=1S/C21H19ClN4O3/c1-2-13-23-21(28)16-5-3-4-6-17(16)24-18(27)11-12-19-25-20(26-29-19)14-7-9-15(22)10-8-14/h2-10H,1,11-13H2,(H,23,28)(H,24,27). The van der Waals surface area contributed by atoms with Crippen molar-refractivity contribution < 1.29 is 14.1 Å². The topological polar surface area (TPSA) is 97.1 Å². The summed E-state index contributed by atoms with van der Waals surface area (Å²) in [6.07, 6.45) is 1.99. The highest BCUT2D eigenvalue weighted by Gasteiger charge is 2.14. The fraction of sp³-hybridized carbons (Fsp3) is 0.143.